The zero-order valence-electron chi connectivity index (χ0n) is 9.54. The molecule has 0 fully saturated rings. The summed E-state index contributed by atoms with van der Waals surface area (Å²) in [6, 6.07) is 1.41. The SMILES string of the molecule is COc1c(C(=O)C(=O)O)cc(Br)c(C)c1OC. The van der Waals surface area contributed by atoms with Gasteiger partial charge in [0.2, 0.25) is 0 Å². The molecule has 1 N–H and O–H groups in total. The van der Waals surface area contributed by atoms with E-state index in [2.05, 4.69) is 15.9 Å². The highest BCUT2D eigenvalue weighted by Gasteiger charge is 2.24. The average Bonchev–Trinajstić information content (AvgIpc) is 2.30. The van der Waals surface area contributed by atoms with Gasteiger partial charge >= 0.3 is 5.97 Å². The number of methoxy groups -OCH3 is 2. The molecule has 1 aromatic carbocycles. The second kappa shape index (κ2) is 5.18. The quantitative estimate of drug-likeness (QED) is 0.680. The van der Waals surface area contributed by atoms with Gasteiger partial charge in [-0.3, -0.25) is 4.79 Å². The normalized spacial score (nSPS) is 9.88. The Morgan fingerprint density at radius 2 is 1.76 bits per heavy atom. The molecule has 0 aliphatic heterocycles. The fourth-order valence-electron chi connectivity index (χ4n) is 1.43. The van der Waals surface area contributed by atoms with Gasteiger partial charge in [-0.1, -0.05) is 15.9 Å². The summed E-state index contributed by atoms with van der Waals surface area (Å²) >= 11 is 3.24. The van der Waals surface area contributed by atoms with Crippen LogP contribution in [-0.4, -0.2) is 31.1 Å². The first-order valence-electron chi connectivity index (χ1n) is 4.62. The van der Waals surface area contributed by atoms with E-state index in [0.29, 0.717) is 10.2 Å². The van der Waals surface area contributed by atoms with E-state index in [1.54, 1.807) is 6.92 Å². The minimum Gasteiger partial charge on any atom is -0.493 e. The highest BCUT2D eigenvalue weighted by molar-refractivity contribution is 9.10. The molecule has 1 rings (SSSR count). The van der Waals surface area contributed by atoms with Crippen molar-refractivity contribution in [3.05, 3.63) is 21.7 Å². The summed E-state index contributed by atoms with van der Waals surface area (Å²) in [7, 11) is 2.77. The van der Waals surface area contributed by atoms with Crippen LogP contribution >= 0.6 is 15.9 Å². The van der Waals surface area contributed by atoms with Gasteiger partial charge in [-0.2, -0.15) is 0 Å². The van der Waals surface area contributed by atoms with E-state index in [1.165, 1.54) is 20.3 Å². The number of halogens is 1. The molecule has 0 heterocycles. The molecule has 0 bridgehead atoms. The number of benzene rings is 1. The Labute approximate surface area is 106 Å². The maximum Gasteiger partial charge on any atom is 0.377 e. The van der Waals surface area contributed by atoms with Gasteiger partial charge in [0.15, 0.2) is 11.5 Å². The van der Waals surface area contributed by atoms with Crippen LogP contribution in [0, 0.1) is 6.92 Å². The van der Waals surface area contributed by atoms with Crippen molar-refractivity contribution in [2.75, 3.05) is 14.2 Å². The lowest BCUT2D eigenvalue weighted by Crippen LogP contribution is -2.14. The van der Waals surface area contributed by atoms with Crippen LogP contribution in [0.1, 0.15) is 15.9 Å². The fourth-order valence-corrected chi connectivity index (χ4v) is 1.84. The van der Waals surface area contributed by atoms with Gasteiger partial charge < -0.3 is 14.6 Å². The third-order valence-electron chi connectivity index (χ3n) is 2.27. The Balaban J connectivity index is 3.55. The van der Waals surface area contributed by atoms with E-state index < -0.39 is 11.8 Å². The summed E-state index contributed by atoms with van der Waals surface area (Å²) in [5.41, 5.74) is 0.681. The number of hydrogen-bond acceptors (Lipinski definition) is 4. The number of ketones is 1. The van der Waals surface area contributed by atoms with Crippen LogP contribution in [0.4, 0.5) is 0 Å². The first kappa shape index (κ1) is 13.5. The molecule has 0 saturated carbocycles. The number of aliphatic carboxylic acids is 1. The van der Waals surface area contributed by atoms with Gasteiger partial charge in [0.05, 0.1) is 19.8 Å². The standard InChI is InChI=1S/C11H11BrO5/c1-5-7(12)4-6(8(13)11(14)15)10(17-3)9(5)16-2/h4H,1-3H3,(H,14,15). The first-order valence-corrected chi connectivity index (χ1v) is 5.42. The minimum atomic E-state index is -1.54. The number of ether oxygens (including phenoxy) is 2. The van der Waals surface area contributed by atoms with Gasteiger partial charge in [-0.25, -0.2) is 4.79 Å². The van der Waals surface area contributed by atoms with Crippen LogP contribution in [0.15, 0.2) is 10.5 Å². The number of carboxylic acids is 1. The third-order valence-corrected chi connectivity index (χ3v) is 3.09. The van der Waals surface area contributed by atoms with Crippen LogP contribution < -0.4 is 9.47 Å². The Kier molecular flexibility index (Phi) is 4.11. The smallest absolute Gasteiger partial charge is 0.377 e. The van der Waals surface area contributed by atoms with Gasteiger partial charge in [0, 0.05) is 10.0 Å². The molecule has 92 valence electrons. The molecule has 0 amide bonds. The number of carbonyl (C=O) groups excluding carboxylic acids is 1. The number of hydrogen-bond donors (Lipinski definition) is 1. The zero-order valence-corrected chi connectivity index (χ0v) is 11.1. The van der Waals surface area contributed by atoms with Crippen molar-refractivity contribution in [1.82, 2.24) is 0 Å². The Morgan fingerprint density at radius 3 is 2.18 bits per heavy atom. The van der Waals surface area contributed by atoms with E-state index in [1.807, 2.05) is 0 Å². The van der Waals surface area contributed by atoms with Crippen molar-refractivity contribution in [2.45, 2.75) is 6.92 Å². The van der Waals surface area contributed by atoms with E-state index in [-0.39, 0.29) is 11.3 Å². The van der Waals surface area contributed by atoms with Crippen molar-refractivity contribution in [3.8, 4) is 11.5 Å². The Morgan fingerprint density at radius 1 is 1.24 bits per heavy atom. The second-order valence-corrected chi connectivity index (χ2v) is 4.09. The number of Topliss-reactive ketones (excluding diaryl/α,β-unsaturated/α-hetero) is 1. The van der Waals surface area contributed by atoms with Crippen molar-refractivity contribution in [2.24, 2.45) is 0 Å². The lowest BCUT2D eigenvalue weighted by Gasteiger charge is -2.14. The summed E-state index contributed by atoms with van der Waals surface area (Å²) in [4.78, 5) is 22.2. The molecule has 0 atom stereocenters. The van der Waals surface area contributed by atoms with E-state index in [4.69, 9.17) is 14.6 Å². The molecule has 0 radical (unpaired) electrons. The topological polar surface area (TPSA) is 72.8 Å². The van der Waals surface area contributed by atoms with E-state index in [9.17, 15) is 9.59 Å². The molecular formula is C11H11BrO5. The summed E-state index contributed by atoms with van der Waals surface area (Å²) in [6.45, 7) is 1.76. The molecule has 17 heavy (non-hydrogen) atoms. The highest BCUT2D eigenvalue weighted by atomic mass is 79.9. The van der Waals surface area contributed by atoms with Gasteiger partial charge in [0.25, 0.3) is 5.78 Å². The van der Waals surface area contributed by atoms with Crippen molar-refractivity contribution in [3.63, 3.8) is 0 Å². The third kappa shape index (κ3) is 2.41. The summed E-state index contributed by atoms with van der Waals surface area (Å²) in [5, 5.41) is 8.72. The molecule has 6 heteroatoms. The average molecular weight is 303 g/mol. The predicted octanol–water partition coefficient (Wildman–Crippen LogP) is 2.04. The molecule has 0 unspecified atom stereocenters. The van der Waals surface area contributed by atoms with Gasteiger partial charge in [-0.15, -0.1) is 0 Å². The van der Waals surface area contributed by atoms with Crippen LogP contribution in [0.5, 0.6) is 11.5 Å². The van der Waals surface area contributed by atoms with Crippen LogP contribution in [-0.2, 0) is 4.79 Å². The minimum absolute atomic E-state index is 0.0469. The molecule has 0 spiro atoms. The maximum atomic E-state index is 11.5. The molecule has 1 aromatic rings. The maximum absolute atomic E-state index is 11.5. The van der Waals surface area contributed by atoms with Crippen LogP contribution in [0.3, 0.4) is 0 Å². The number of carboxylic acid groups (broad SMARTS) is 1. The Bertz CT molecular complexity index is 481. The van der Waals surface area contributed by atoms with Gasteiger partial charge in [0.1, 0.15) is 0 Å². The molecule has 0 saturated heterocycles. The molecule has 5 nitrogen and oxygen atoms in total. The summed E-state index contributed by atoms with van der Waals surface area (Å²) in [5.74, 6) is -2.12. The van der Waals surface area contributed by atoms with E-state index in [0.717, 1.165) is 5.56 Å². The largest absolute Gasteiger partial charge is 0.493 e. The lowest BCUT2D eigenvalue weighted by molar-refractivity contribution is -0.131. The summed E-state index contributed by atoms with van der Waals surface area (Å²) < 4.78 is 10.7. The van der Waals surface area contributed by atoms with Gasteiger partial charge in [-0.05, 0) is 13.0 Å². The number of rotatable bonds is 4. The number of carbonyl (C=O) groups is 2. The molecular weight excluding hydrogens is 292 g/mol. The lowest BCUT2D eigenvalue weighted by atomic mass is 10.1. The highest BCUT2D eigenvalue weighted by Crippen LogP contribution is 2.39. The van der Waals surface area contributed by atoms with Crippen molar-refractivity contribution in [1.29, 1.82) is 0 Å². The second-order valence-electron chi connectivity index (χ2n) is 3.23. The fraction of sp³-hybridized carbons (Fsp3) is 0.273. The Hall–Kier alpha value is -1.56. The van der Waals surface area contributed by atoms with Crippen LogP contribution in [0.2, 0.25) is 0 Å². The monoisotopic (exact) mass is 302 g/mol. The molecule has 0 aromatic heterocycles. The predicted molar refractivity (Wildman–Crippen MR) is 63.9 cm³/mol. The summed E-state index contributed by atoms with van der Waals surface area (Å²) in [6.07, 6.45) is 0. The first-order chi connectivity index (χ1) is 7.93. The molecule has 0 aliphatic rings. The van der Waals surface area contributed by atoms with Crippen molar-refractivity contribution < 1.29 is 24.2 Å². The zero-order chi connectivity index (χ0) is 13.2. The van der Waals surface area contributed by atoms with Crippen LogP contribution in [0.25, 0.3) is 0 Å². The van der Waals surface area contributed by atoms with E-state index >= 15 is 0 Å². The van der Waals surface area contributed by atoms with Crippen molar-refractivity contribution >= 4 is 27.7 Å². The molecule has 0 aliphatic carbocycles.